The number of hydrogen-bond acceptors (Lipinski definition) is 4. The van der Waals surface area contributed by atoms with Crippen molar-refractivity contribution in [2.24, 2.45) is 0 Å². The second-order valence-electron chi connectivity index (χ2n) is 4.69. The Kier molecular flexibility index (Phi) is 5.25. The van der Waals surface area contributed by atoms with Gasteiger partial charge in [-0.15, -0.1) is 0 Å². The predicted molar refractivity (Wildman–Crippen MR) is 73.0 cm³/mol. The fourth-order valence-corrected chi connectivity index (χ4v) is 1.51. The maximum absolute atomic E-state index is 12.0. The zero-order valence-corrected chi connectivity index (χ0v) is 11.7. The van der Waals surface area contributed by atoms with Gasteiger partial charge in [0.15, 0.2) is 6.61 Å². The van der Waals surface area contributed by atoms with Crippen molar-refractivity contribution in [2.45, 2.75) is 19.3 Å². The number of rotatable bonds is 4. The Morgan fingerprint density at radius 1 is 1.15 bits per heavy atom. The smallest absolute Gasteiger partial charge is 0.321 e. The monoisotopic (exact) mass is 278 g/mol. The van der Waals surface area contributed by atoms with Crippen molar-refractivity contribution >= 4 is 17.9 Å². The van der Waals surface area contributed by atoms with Gasteiger partial charge >= 0.3 is 12.0 Å². The molecular formula is C14H18N2O4. The van der Waals surface area contributed by atoms with Gasteiger partial charge in [0.2, 0.25) is 0 Å². The minimum atomic E-state index is -0.867. The van der Waals surface area contributed by atoms with Gasteiger partial charge in [0, 0.05) is 7.05 Å². The first kappa shape index (κ1) is 15.7. The van der Waals surface area contributed by atoms with Crippen molar-refractivity contribution in [2.75, 3.05) is 13.7 Å². The Bertz CT molecular complexity index is 497. The molecule has 0 aromatic heterocycles. The lowest BCUT2D eigenvalue weighted by molar-refractivity contribution is -0.153. The van der Waals surface area contributed by atoms with Crippen molar-refractivity contribution in [3.05, 3.63) is 35.9 Å². The van der Waals surface area contributed by atoms with E-state index in [1.165, 1.54) is 7.05 Å². The Labute approximate surface area is 117 Å². The van der Waals surface area contributed by atoms with Crippen LogP contribution in [0, 0.1) is 0 Å². The third kappa shape index (κ3) is 4.08. The summed E-state index contributed by atoms with van der Waals surface area (Å²) in [6.07, 6.45) is 0. The van der Waals surface area contributed by atoms with Crippen LogP contribution in [0.25, 0.3) is 0 Å². The number of amides is 3. The molecule has 1 rings (SSSR count). The molecule has 20 heavy (non-hydrogen) atoms. The van der Waals surface area contributed by atoms with Crippen LogP contribution in [0.3, 0.4) is 0 Å². The second-order valence-corrected chi connectivity index (χ2v) is 4.69. The summed E-state index contributed by atoms with van der Waals surface area (Å²) in [6.45, 7) is 2.92. The van der Waals surface area contributed by atoms with Gasteiger partial charge in [-0.1, -0.05) is 30.3 Å². The largest absolute Gasteiger partial charge is 0.455 e. The van der Waals surface area contributed by atoms with Crippen molar-refractivity contribution in [3.8, 4) is 0 Å². The predicted octanol–water partition coefficient (Wildman–Crippen LogP) is 0.963. The minimum absolute atomic E-state index is 0.498. The van der Waals surface area contributed by atoms with E-state index in [9.17, 15) is 14.4 Å². The molecule has 0 saturated heterocycles. The number of nitrogens with one attached hydrogen (secondary N) is 2. The summed E-state index contributed by atoms with van der Waals surface area (Å²) in [5.41, 5.74) is -0.0779. The molecule has 0 fully saturated rings. The number of carbonyl (C=O) groups excluding carboxylic acids is 3. The van der Waals surface area contributed by atoms with Crippen LogP contribution in [-0.4, -0.2) is 31.6 Å². The molecule has 0 radical (unpaired) electrons. The van der Waals surface area contributed by atoms with E-state index in [2.05, 4.69) is 5.32 Å². The lowest BCUT2D eigenvalue weighted by Gasteiger charge is -2.22. The van der Waals surface area contributed by atoms with E-state index in [0.717, 1.165) is 5.56 Å². The van der Waals surface area contributed by atoms with Gasteiger partial charge in [-0.25, -0.2) is 4.79 Å². The average molecular weight is 278 g/mol. The van der Waals surface area contributed by atoms with Crippen LogP contribution in [0.1, 0.15) is 19.4 Å². The number of esters is 1. The van der Waals surface area contributed by atoms with Crippen LogP contribution in [0.4, 0.5) is 4.79 Å². The first-order valence-electron chi connectivity index (χ1n) is 6.12. The zero-order chi connectivity index (χ0) is 15.2. The van der Waals surface area contributed by atoms with Crippen molar-refractivity contribution < 1.29 is 19.1 Å². The fourth-order valence-electron chi connectivity index (χ4n) is 1.51. The number of benzene rings is 1. The molecule has 6 nitrogen and oxygen atoms in total. The van der Waals surface area contributed by atoms with Crippen LogP contribution in [0.2, 0.25) is 0 Å². The number of hydrogen-bond donors (Lipinski definition) is 2. The molecule has 0 bridgehead atoms. The third-order valence-electron chi connectivity index (χ3n) is 2.82. The third-order valence-corrected chi connectivity index (χ3v) is 2.82. The first-order chi connectivity index (χ1) is 9.37. The molecule has 6 heteroatoms. The van der Waals surface area contributed by atoms with Gasteiger partial charge in [-0.05, 0) is 19.4 Å². The second kappa shape index (κ2) is 6.70. The van der Waals surface area contributed by atoms with Crippen LogP contribution in [0.5, 0.6) is 0 Å². The molecular weight excluding hydrogens is 260 g/mol. The average Bonchev–Trinajstić information content (AvgIpc) is 2.45. The van der Waals surface area contributed by atoms with Gasteiger partial charge in [0.25, 0.3) is 5.91 Å². The number of imide groups is 1. The summed E-state index contributed by atoms with van der Waals surface area (Å²) < 4.78 is 4.94. The van der Waals surface area contributed by atoms with E-state index in [4.69, 9.17) is 4.74 Å². The van der Waals surface area contributed by atoms with Gasteiger partial charge in [-0.3, -0.25) is 14.9 Å². The lowest BCUT2D eigenvalue weighted by atomic mass is 9.85. The zero-order valence-electron chi connectivity index (χ0n) is 11.7. The SMILES string of the molecule is CNC(=O)NC(=O)COC(=O)C(C)(C)c1ccccc1. The molecule has 2 N–H and O–H groups in total. The Morgan fingerprint density at radius 2 is 1.75 bits per heavy atom. The van der Waals surface area contributed by atoms with Gasteiger partial charge in [0.1, 0.15) is 0 Å². The molecule has 0 atom stereocenters. The molecule has 0 saturated carbocycles. The Morgan fingerprint density at radius 3 is 2.30 bits per heavy atom. The molecule has 0 spiro atoms. The van der Waals surface area contributed by atoms with E-state index in [1.54, 1.807) is 13.8 Å². The van der Waals surface area contributed by atoms with E-state index < -0.39 is 29.9 Å². The summed E-state index contributed by atoms with van der Waals surface area (Å²) >= 11 is 0. The van der Waals surface area contributed by atoms with Crippen molar-refractivity contribution in [3.63, 3.8) is 0 Å². The molecule has 0 aliphatic heterocycles. The molecule has 3 amide bonds. The number of ether oxygens (including phenoxy) is 1. The summed E-state index contributed by atoms with van der Waals surface area (Å²) in [6, 6.07) is 8.47. The molecule has 1 aromatic rings. The van der Waals surface area contributed by atoms with Gasteiger partial charge in [0.05, 0.1) is 5.41 Å². The topological polar surface area (TPSA) is 84.5 Å². The molecule has 0 heterocycles. The van der Waals surface area contributed by atoms with E-state index >= 15 is 0 Å². The molecule has 108 valence electrons. The normalized spacial score (nSPS) is 10.6. The van der Waals surface area contributed by atoms with E-state index in [1.807, 2.05) is 35.6 Å². The highest BCUT2D eigenvalue weighted by molar-refractivity contribution is 5.95. The summed E-state index contributed by atoms with van der Waals surface area (Å²) in [4.78, 5) is 34.3. The Balaban J connectivity index is 2.58. The summed E-state index contributed by atoms with van der Waals surface area (Å²) in [5.74, 6) is -1.21. The van der Waals surface area contributed by atoms with Gasteiger partial charge in [-0.2, -0.15) is 0 Å². The van der Waals surface area contributed by atoms with E-state index in [-0.39, 0.29) is 0 Å². The maximum atomic E-state index is 12.0. The maximum Gasteiger partial charge on any atom is 0.321 e. The molecule has 0 aliphatic rings. The van der Waals surface area contributed by atoms with Crippen molar-refractivity contribution in [1.29, 1.82) is 0 Å². The lowest BCUT2D eigenvalue weighted by Crippen LogP contribution is -2.41. The minimum Gasteiger partial charge on any atom is -0.455 e. The van der Waals surface area contributed by atoms with Crippen LogP contribution < -0.4 is 10.6 Å². The standard InChI is InChI=1S/C14H18N2O4/c1-14(2,10-7-5-4-6-8-10)12(18)20-9-11(17)16-13(19)15-3/h4-8H,9H2,1-3H3,(H2,15,16,17,19). The molecule has 0 aliphatic carbocycles. The first-order valence-corrected chi connectivity index (χ1v) is 6.12. The number of urea groups is 1. The van der Waals surface area contributed by atoms with Crippen LogP contribution >= 0.6 is 0 Å². The molecule has 1 aromatic carbocycles. The van der Waals surface area contributed by atoms with Gasteiger partial charge < -0.3 is 10.1 Å². The van der Waals surface area contributed by atoms with Crippen molar-refractivity contribution in [1.82, 2.24) is 10.6 Å². The van der Waals surface area contributed by atoms with Crippen LogP contribution in [0.15, 0.2) is 30.3 Å². The van der Waals surface area contributed by atoms with Crippen LogP contribution in [-0.2, 0) is 19.7 Å². The highest BCUT2D eigenvalue weighted by Gasteiger charge is 2.31. The number of carbonyl (C=O) groups is 3. The van der Waals surface area contributed by atoms with E-state index in [0.29, 0.717) is 0 Å². The Hall–Kier alpha value is -2.37. The fraction of sp³-hybridized carbons (Fsp3) is 0.357. The summed E-state index contributed by atoms with van der Waals surface area (Å²) in [5, 5.41) is 4.24. The highest BCUT2D eigenvalue weighted by Crippen LogP contribution is 2.24. The highest BCUT2D eigenvalue weighted by atomic mass is 16.5. The summed E-state index contributed by atoms with van der Waals surface area (Å²) in [7, 11) is 1.38. The quantitative estimate of drug-likeness (QED) is 0.803. The molecule has 0 unspecified atom stereocenters.